The molecule has 2 amide bonds. The van der Waals surface area contributed by atoms with Crippen LogP contribution in [0, 0.1) is 5.82 Å². The molecule has 1 aliphatic rings. The predicted molar refractivity (Wildman–Crippen MR) is 116 cm³/mol. The summed E-state index contributed by atoms with van der Waals surface area (Å²) in [6.45, 7) is 3.38. The van der Waals surface area contributed by atoms with E-state index in [0.29, 0.717) is 23.2 Å². The number of rotatable bonds is 9. The third-order valence-electron chi connectivity index (χ3n) is 5.50. The van der Waals surface area contributed by atoms with E-state index < -0.39 is 17.8 Å². The Kier molecular flexibility index (Phi) is 7.02. The van der Waals surface area contributed by atoms with Crippen LogP contribution in [0.4, 0.5) is 10.1 Å². The Labute approximate surface area is 185 Å². The van der Waals surface area contributed by atoms with Crippen LogP contribution < -0.4 is 10.1 Å². The normalized spacial score (nSPS) is 13.5. The van der Waals surface area contributed by atoms with E-state index in [9.17, 15) is 23.6 Å². The predicted octanol–water partition coefficient (Wildman–Crippen LogP) is 3.76. The minimum absolute atomic E-state index is 0.0411. The number of benzene rings is 2. The summed E-state index contributed by atoms with van der Waals surface area (Å²) in [4.78, 5) is 50.8. The summed E-state index contributed by atoms with van der Waals surface area (Å²) in [6.07, 6.45) is 0.908. The number of Topliss-reactive ketones (excluding diaryl/α,β-unsaturated/α-hetero) is 2. The lowest BCUT2D eigenvalue weighted by Gasteiger charge is -2.25. The number of hydrogen-bond donors (Lipinski definition) is 1. The van der Waals surface area contributed by atoms with Gasteiger partial charge in [0.1, 0.15) is 17.3 Å². The van der Waals surface area contributed by atoms with Gasteiger partial charge in [0.25, 0.3) is 11.8 Å². The third kappa shape index (κ3) is 5.01. The number of amides is 2. The van der Waals surface area contributed by atoms with Crippen LogP contribution in [-0.2, 0) is 16.1 Å². The average Bonchev–Trinajstić information content (AvgIpc) is 3.08. The van der Waals surface area contributed by atoms with Gasteiger partial charge in [0.05, 0.1) is 13.2 Å². The van der Waals surface area contributed by atoms with E-state index in [4.69, 9.17) is 4.74 Å². The van der Waals surface area contributed by atoms with Crippen molar-refractivity contribution in [2.24, 2.45) is 0 Å². The SMILES string of the molecule is CCC(=O)CCC(C(C)=O)N1Cc2cc(NC(=O)c3cc(F)cc(OC)c3)ccc2C1=O. The van der Waals surface area contributed by atoms with Gasteiger partial charge in [-0.25, -0.2) is 4.39 Å². The highest BCUT2D eigenvalue weighted by atomic mass is 19.1. The monoisotopic (exact) mass is 440 g/mol. The molecule has 168 valence electrons. The van der Waals surface area contributed by atoms with Crippen molar-refractivity contribution in [2.75, 3.05) is 12.4 Å². The second-order valence-corrected chi connectivity index (χ2v) is 7.70. The fraction of sp³-hybridized carbons (Fsp3) is 0.333. The van der Waals surface area contributed by atoms with Gasteiger partial charge in [-0.05, 0) is 49.2 Å². The summed E-state index contributed by atoms with van der Waals surface area (Å²) < 4.78 is 18.7. The number of halogens is 1. The lowest BCUT2D eigenvalue weighted by atomic mass is 10.0. The number of nitrogens with one attached hydrogen (secondary N) is 1. The largest absolute Gasteiger partial charge is 0.497 e. The molecule has 3 rings (SSSR count). The van der Waals surface area contributed by atoms with Crippen molar-refractivity contribution in [3.63, 3.8) is 0 Å². The number of carbonyl (C=O) groups is 4. The fourth-order valence-corrected chi connectivity index (χ4v) is 3.74. The number of anilines is 1. The van der Waals surface area contributed by atoms with E-state index in [1.165, 1.54) is 31.1 Å². The molecule has 1 unspecified atom stereocenters. The molecule has 2 aromatic carbocycles. The maximum absolute atomic E-state index is 13.7. The van der Waals surface area contributed by atoms with E-state index >= 15 is 0 Å². The molecule has 0 fully saturated rings. The van der Waals surface area contributed by atoms with Gasteiger partial charge in [-0.15, -0.1) is 0 Å². The molecule has 32 heavy (non-hydrogen) atoms. The molecule has 0 bridgehead atoms. The lowest BCUT2D eigenvalue weighted by molar-refractivity contribution is -0.122. The van der Waals surface area contributed by atoms with Gasteiger partial charge in [-0.3, -0.25) is 19.2 Å². The summed E-state index contributed by atoms with van der Waals surface area (Å²) in [5.41, 5.74) is 1.64. The van der Waals surface area contributed by atoms with Crippen LogP contribution >= 0.6 is 0 Å². The zero-order valence-corrected chi connectivity index (χ0v) is 18.2. The molecular formula is C24H25FN2O5. The van der Waals surface area contributed by atoms with Gasteiger partial charge in [-0.2, -0.15) is 0 Å². The molecule has 0 saturated carbocycles. The Balaban J connectivity index is 1.77. The van der Waals surface area contributed by atoms with Gasteiger partial charge in [-0.1, -0.05) is 6.92 Å². The summed E-state index contributed by atoms with van der Waals surface area (Å²) >= 11 is 0. The van der Waals surface area contributed by atoms with E-state index in [-0.39, 0.29) is 48.2 Å². The molecule has 2 aromatic rings. The second-order valence-electron chi connectivity index (χ2n) is 7.70. The van der Waals surface area contributed by atoms with Crippen LogP contribution in [0.5, 0.6) is 5.75 Å². The highest BCUT2D eigenvalue weighted by Crippen LogP contribution is 2.29. The number of hydrogen-bond acceptors (Lipinski definition) is 5. The zero-order valence-electron chi connectivity index (χ0n) is 18.2. The molecule has 1 heterocycles. The van der Waals surface area contributed by atoms with Crippen molar-refractivity contribution in [3.05, 3.63) is 58.9 Å². The molecule has 0 spiro atoms. The molecule has 1 aliphatic heterocycles. The number of ketones is 2. The molecule has 0 aliphatic carbocycles. The highest BCUT2D eigenvalue weighted by Gasteiger charge is 2.35. The minimum Gasteiger partial charge on any atom is -0.497 e. The first kappa shape index (κ1) is 23.1. The first-order valence-electron chi connectivity index (χ1n) is 10.4. The minimum atomic E-state index is -0.678. The van der Waals surface area contributed by atoms with Crippen molar-refractivity contribution in [1.82, 2.24) is 4.90 Å². The summed E-state index contributed by atoms with van der Waals surface area (Å²) in [5.74, 6) is -1.31. The maximum Gasteiger partial charge on any atom is 0.255 e. The second kappa shape index (κ2) is 9.72. The Hall–Kier alpha value is -3.55. The number of ether oxygens (including phenoxy) is 1. The molecule has 0 aromatic heterocycles. The number of nitrogens with zero attached hydrogens (tertiary/aromatic N) is 1. The van der Waals surface area contributed by atoms with Gasteiger partial charge >= 0.3 is 0 Å². The standard InChI is InChI=1S/C24H25FN2O5/c1-4-19(29)6-8-22(14(2)28)27-13-16-10-18(5-7-21(16)24(27)31)26-23(30)15-9-17(25)12-20(11-15)32-3/h5,7,9-12,22H,4,6,8,13H2,1-3H3,(H,26,30). The average molecular weight is 440 g/mol. The van der Waals surface area contributed by atoms with Crippen LogP contribution in [0.3, 0.4) is 0 Å². The molecule has 1 N–H and O–H groups in total. The third-order valence-corrected chi connectivity index (χ3v) is 5.50. The Bertz CT molecular complexity index is 1080. The Morgan fingerprint density at radius 1 is 1.19 bits per heavy atom. The van der Waals surface area contributed by atoms with Crippen LogP contribution in [-0.4, -0.2) is 41.4 Å². The molecular weight excluding hydrogens is 415 g/mol. The number of methoxy groups -OCH3 is 1. The first-order chi connectivity index (χ1) is 15.2. The molecule has 7 nitrogen and oxygen atoms in total. The smallest absolute Gasteiger partial charge is 0.255 e. The summed E-state index contributed by atoms with van der Waals surface area (Å²) in [7, 11) is 1.38. The molecule has 8 heteroatoms. The molecule has 1 atom stereocenters. The topological polar surface area (TPSA) is 92.8 Å². The number of fused-ring (bicyclic) bond motifs is 1. The highest BCUT2D eigenvalue weighted by molar-refractivity contribution is 6.06. The van der Waals surface area contributed by atoms with Crippen molar-refractivity contribution >= 4 is 29.1 Å². The van der Waals surface area contributed by atoms with E-state index in [0.717, 1.165) is 6.07 Å². The zero-order chi connectivity index (χ0) is 23.4. The van der Waals surface area contributed by atoms with Crippen molar-refractivity contribution in [2.45, 2.75) is 45.7 Å². The summed E-state index contributed by atoms with van der Waals surface area (Å²) in [5, 5.41) is 2.69. The van der Waals surface area contributed by atoms with Crippen molar-refractivity contribution < 1.29 is 28.3 Å². The van der Waals surface area contributed by atoms with Gasteiger partial charge < -0.3 is 15.0 Å². The van der Waals surface area contributed by atoms with Gasteiger partial charge in [0, 0.05) is 42.3 Å². The van der Waals surface area contributed by atoms with Gasteiger partial charge in [0.2, 0.25) is 0 Å². The quantitative estimate of drug-likeness (QED) is 0.641. The summed E-state index contributed by atoms with van der Waals surface area (Å²) in [6, 6.07) is 7.86. The Morgan fingerprint density at radius 3 is 2.59 bits per heavy atom. The molecule has 0 radical (unpaired) electrons. The molecule has 0 saturated heterocycles. The lowest BCUT2D eigenvalue weighted by Crippen LogP contribution is -2.40. The van der Waals surface area contributed by atoms with Crippen LogP contribution in [0.15, 0.2) is 36.4 Å². The van der Waals surface area contributed by atoms with Crippen LogP contribution in [0.2, 0.25) is 0 Å². The Morgan fingerprint density at radius 2 is 1.94 bits per heavy atom. The maximum atomic E-state index is 13.7. The van der Waals surface area contributed by atoms with Gasteiger partial charge in [0.15, 0.2) is 5.78 Å². The fourth-order valence-electron chi connectivity index (χ4n) is 3.74. The van der Waals surface area contributed by atoms with Crippen molar-refractivity contribution in [3.8, 4) is 5.75 Å². The van der Waals surface area contributed by atoms with Crippen LogP contribution in [0.1, 0.15) is 59.4 Å². The van der Waals surface area contributed by atoms with E-state index in [1.54, 1.807) is 25.1 Å². The number of carbonyl (C=O) groups excluding carboxylic acids is 4. The van der Waals surface area contributed by atoms with Crippen molar-refractivity contribution in [1.29, 1.82) is 0 Å². The van der Waals surface area contributed by atoms with E-state index in [1.807, 2.05) is 0 Å². The van der Waals surface area contributed by atoms with E-state index in [2.05, 4.69) is 5.32 Å². The van der Waals surface area contributed by atoms with Crippen LogP contribution in [0.25, 0.3) is 0 Å². The first-order valence-corrected chi connectivity index (χ1v) is 10.4.